The molecule has 0 fully saturated rings. The van der Waals surface area contributed by atoms with Crippen molar-refractivity contribution in [3.63, 3.8) is 0 Å². The van der Waals surface area contributed by atoms with Gasteiger partial charge in [-0.05, 0) is 49.2 Å². The summed E-state index contributed by atoms with van der Waals surface area (Å²) in [5.74, 6) is 0.824. The molecule has 0 radical (unpaired) electrons. The molecule has 0 saturated carbocycles. The van der Waals surface area contributed by atoms with Crippen LogP contribution in [0.4, 0.5) is 0 Å². The lowest BCUT2D eigenvalue weighted by Crippen LogP contribution is -2.09. The number of rotatable bonds is 7. The summed E-state index contributed by atoms with van der Waals surface area (Å²) >= 11 is 0. The summed E-state index contributed by atoms with van der Waals surface area (Å²) in [4.78, 5) is 12.6. The van der Waals surface area contributed by atoms with Crippen LogP contribution in [0.2, 0.25) is 0 Å². The van der Waals surface area contributed by atoms with Crippen molar-refractivity contribution in [2.75, 3.05) is 13.2 Å². The molecule has 0 aromatic heterocycles. The minimum atomic E-state index is 0.0288. The zero-order valence-corrected chi connectivity index (χ0v) is 12.3. The molecular formula is C18H21NO2. The Kier molecular flexibility index (Phi) is 5.52. The van der Waals surface area contributed by atoms with E-state index in [0.29, 0.717) is 25.1 Å². The van der Waals surface area contributed by atoms with Gasteiger partial charge in [-0.25, -0.2) is 0 Å². The van der Waals surface area contributed by atoms with E-state index < -0.39 is 0 Å². The number of ether oxygens (including phenoxy) is 1. The molecule has 0 heterocycles. The van der Waals surface area contributed by atoms with E-state index in [0.717, 1.165) is 23.3 Å². The quantitative estimate of drug-likeness (QED) is 0.794. The highest BCUT2D eigenvalue weighted by Gasteiger charge is 2.12. The fraction of sp³-hybridized carbons (Fsp3) is 0.278. The van der Waals surface area contributed by atoms with Gasteiger partial charge in [0.15, 0.2) is 5.78 Å². The van der Waals surface area contributed by atoms with Crippen LogP contribution in [0.15, 0.2) is 48.5 Å². The third-order valence-corrected chi connectivity index (χ3v) is 3.27. The fourth-order valence-electron chi connectivity index (χ4n) is 2.19. The summed E-state index contributed by atoms with van der Waals surface area (Å²) in [6.07, 6.45) is 1.67. The highest BCUT2D eigenvalue weighted by Crippen LogP contribution is 2.18. The van der Waals surface area contributed by atoms with Crippen molar-refractivity contribution in [2.24, 2.45) is 5.73 Å². The van der Waals surface area contributed by atoms with Crippen LogP contribution in [0.5, 0.6) is 5.75 Å². The molecule has 0 aliphatic heterocycles. The Bertz CT molecular complexity index is 590. The molecule has 2 aromatic rings. The average molecular weight is 283 g/mol. The number of carbonyl (C=O) groups excluding carboxylic acids is 1. The minimum absolute atomic E-state index is 0.0288. The first-order valence-corrected chi connectivity index (χ1v) is 7.31. The Balaban J connectivity index is 2.20. The van der Waals surface area contributed by atoms with Crippen molar-refractivity contribution in [2.45, 2.75) is 19.8 Å². The summed E-state index contributed by atoms with van der Waals surface area (Å²) in [7, 11) is 0. The van der Waals surface area contributed by atoms with E-state index in [1.54, 1.807) is 0 Å². The molecule has 0 aliphatic rings. The first-order valence-electron chi connectivity index (χ1n) is 7.31. The molecule has 0 atom stereocenters. The van der Waals surface area contributed by atoms with E-state index in [9.17, 15) is 4.79 Å². The van der Waals surface area contributed by atoms with Gasteiger partial charge in [-0.1, -0.05) is 31.2 Å². The van der Waals surface area contributed by atoms with Gasteiger partial charge in [0.1, 0.15) is 5.75 Å². The van der Waals surface area contributed by atoms with Crippen LogP contribution in [0, 0.1) is 0 Å². The van der Waals surface area contributed by atoms with Crippen molar-refractivity contribution in [1.82, 2.24) is 0 Å². The topological polar surface area (TPSA) is 52.3 Å². The standard InChI is InChI=1S/C18H21NO2/c1-2-13-21-16-9-7-15(8-10-16)18(20)17-6-4-3-5-14(17)11-12-19/h3-10H,2,11-13,19H2,1H3. The summed E-state index contributed by atoms with van der Waals surface area (Å²) in [5.41, 5.74) is 8.00. The number of hydrogen-bond acceptors (Lipinski definition) is 3. The van der Waals surface area contributed by atoms with Crippen LogP contribution >= 0.6 is 0 Å². The smallest absolute Gasteiger partial charge is 0.193 e. The van der Waals surface area contributed by atoms with Gasteiger partial charge in [0.05, 0.1) is 6.61 Å². The lowest BCUT2D eigenvalue weighted by atomic mass is 9.96. The maximum Gasteiger partial charge on any atom is 0.193 e. The molecule has 110 valence electrons. The molecule has 0 aliphatic carbocycles. The third kappa shape index (κ3) is 3.92. The molecule has 3 nitrogen and oxygen atoms in total. The zero-order valence-electron chi connectivity index (χ0n) is 12.3. The molecule has 2 N–H and O–H groups in total. The van der Waals surface area contributed by atoms with Gasteiger partial charge in [-0.2, -0.15) is 0 Å². The minimum Gasteiger partial charge on any atom is -0.494 e. The molecule has 0 spiro atoms. The Morgan fingerprint density at radius 1 is 1.10 bits per heavy atom. The Labute approximate surface area is 125 Å². The molecule has 2 rings (SSSR count). The van der Waals surface area contributed by atoms with Gasteiger partial charge >= 0.3 is 0 Å². The van der Waals surface area contributed by atoms with Gasteiger partial charge < -0.3 is 10.5 Å². The lowest BCUT2D eigenvalue weighted by molar-refractivity contribution is 0.103. The molecular weight excluding hydrogens is 262 g/mol. The van der Waals surface area contributed by atoms with E-state index in [4.69, 9.17) is 10.5 Å². The van der Waals surface area contributed by atoms with Gasteiger partial charge in [-0.15, -0.1) is 0 Å². The van der Waals surface area contributed by atoms with Crippen LogP contribution < -0.4 is 10.5 Å². The average Bonchev–Trinajstić information content (AvgIpc) is 2.53. The SMILES string of the molecule is CCCOc1ccc(C(=O)c2ccccc2CCN)cc1. The van der Waals surface area contributed by atoms with E-state index in [-0.39, 0.29) is 5.78 Å². The number of nitrogens with two attached hydrogens (primary N) is 1. The zero-order chi connectivity index (χ0) is 15.1. The van der Waals surface area contributed by atoms with E-state index in [1.807, 2.05) is 48.5 Å². The number of ketones is 1. The second-order valence-corrected chi connectivity index (χ2v) is 4.90. The predicted molar refractivity (Wildman–Crippen MR) is 84.9 cm³/mol. The van der Waals surface area contributed by atoms with Crippen LogP contribution in [0.3, 0.4) is 0 Å². The van der Waals surface area contributed by atoms with Crippen molar-refractivity contribution in [3.8, 4) is 5.75 Å². The summed E-state index contributed by atoms with van der Waals surface area (Å²) in [6, 6.07) is 14.9. The fourth-order valence-corrected chi connectivity index (χ4v) is 2.19. The highest BCUT2D eigenvalue weighted by molar-refractivity contribution is 6.09. The van der Waals surface area contributed by atoms with E-state index in [2.05, 4.69) is 6.92 Å². The van der Waals surface area contributed by atoms with Crippen molar-refractivity contribution in [1.29, 1.82) is 0 Å². The normalized spacial score (nSPS) is 10.4. The second kappa shape index (κ2) is 7.60. The summed E-state index contributed by atoms with van der Waals surface area (Å²) < 4.78 is 5.53. The Morgan fingerprint density at radius 2 is 1.81 bits per heavy atom. The first kappa shape index (κ1) is 15.3. The van der Waals surface area contributed by atoms with Crippen molar-refractivity contribution >= 4 is 5.78 Å². The number of hydrogen-bond donors (Lipinski definition) is 1. The monoisotopic (exact) mass is 283 g/mol. The molecule has 2 aromatic carbocycles. The van der Waals surface area contributed by atoms with E-state index in [1.165, 1.54) is 0 Å². The summed E-state index contributed by atoms with van der Waals surface area (Å²) in [6.45, 7) is 3.28. The van der Waals surface area contributed by atoms with Crippen molar-refractivity contribution in [3.05, 3.63) is 65.2 Å². The summed E-state index contributed by atoms with van der Waals surface area (Å²) in [5, 5.41) is 0. The lowest BCUT2D eigenvalue weighted by Gasteiger charge is -2.09. The van der Waals surface area contributed by atoms with E-state index >= 15 is 0 Å². The number of carbonyl (C=O) groups is 1. The maximum absolute atomic E-state index is 12.6. The van der Waals surface area contributed by atoms with Gasteiger partial charge in [0, 0.05) is 11.1 Å². The third-order valence-electron chi connectivity index (χ3n) is 3.27. The molecule has 0 saturated heterocycles. The largest absolute Gasteiger partial charge is 0.494 e. The second-order valence-electron chi connectivity index (χ2n) is 4.90. The maximum atomic E-state index is 12.6. The van der Waals surface area contributed by atoms with Gasteiger partial charge in [-0.3, -0.25) is 4.79 Å². The highest BCUT2D eigenvalue weighted by atomic mass is 16.5. The molecule has 0 unspecified atom stereocenters. The van der Waals surface area contributed by atoms with Crippen LogP contribution in [-0.4, -0.2) is 18.9 Å². The molecule has 3 heteroatoms. The van der Waals surface area contributed by atoms with Gasteiger partial charge in [0.25, 0.3) is 0 Å². The Morgan fingerprint density at radius 3 is 2.48 bits per heavy atom. The number of benzene rings is 2. The Hall–Kier alpha value is -2.13. The van der Waals surface area contributed by atoms with Gasteiger partial charge in [0.2, 0.25) is 0 Å². The molecule has 0 amide bonds. The molecule has 0 bridgehead atoms. The first-order chi connectivity index (χ1) is 10.3. The van der Waals surface area contributed by atoms with Crippen LogP contribution in [0.1, 0.15) is 34.8 Å². The predicted octanol–water partition coefficient (Wildman–Crippen LogP) is 3.21. The molecule has 21 heavy (non-hydrogen) atoms. The van der Waals surface area contributed by atoms with Crippen LogP contribution in [-0.2, 0) is 6.42 Å². The van der Waals surface area contributed by atoms with Crippen LogP contribution in [0.25, 0.3) is 0 Å². The van der Waals surface area contributed by atoms with Crippen molar-refractivity contribution < 1.29 is 9.53 Å².